The Morgan fingerprint density at radius 1 is 1.29 bits per heavy atom. The van der Waals surface area contributed by atoms with Crippen LogP contribution >= 0.6 is 11.3 Å². The zero-order valence-corrected chi connectivity index (χ0v) is 19.0. The molecule has 2 aromatic rings. The van der Waals surface area contributed by atoms with Crippen molar-refractivity contribution in [3.05, 3.63) is 45.9 Å². The van der Waals surface area contributed by atoms with Gasteiger partial charge in [0, 0.05) is 30.7 Å². The van der Waals surface area contributed by atoms with E-state index < -0.39 is 5.66 Å². The van der Waals surface area contributed by atoms with Crippen LogP contribution in [0, 0.1) is 0 Å². The van der Waals surface area contributed by atoms with Crippen molar-refractivity contribution < 1.29 is 14.4 Å². The number of anilines is 1. The number of rotatable bonds is 7. The van der Waals surface area contributed by atoms with Crippen LogP contribution in [0.25, 0.3) is 0 Å². The summed E-state index contributed by atoms with van der Waals surface area (Å²) in [7, 11) is 0. The average molecular weight is 441 g/mol. The van der Waals surface area contributed by atoms with Gasteiger partial charge in [0.25, 0.3) is 5.91 Å². The minimum absolute atomic E-state index is 0.0363. The van der Waals surface area contributed by atoms with Gasteiger partial charge in [0.1, 0.15) is 5.66 Å². The Hall–Kier alpha value is -2.74. The van der Waals surface area contributed by atoms with E-state index in [1.54, 1.807) is 27.2 Å². The number of hydrogen-bond donors (Lipinski definition) is 1. The van der Waals surface area contributed by atoms with Crippen LogP contribution < -0.4 is 10.2 Å². The number of thiazole rings is 1. The predicted octanol–water partition coefficient (Wildman–Crippen LogP) is 3.66. The van der Waals surface area contributed by atoms with Crippen LogP contribution in [0.15, 0.2) is 29.6 Å². The fraction of sp³-hybridized carbons (Fsp3) is 0.478. The van der Waals surface area contributed by atoms with Crippen LogP contribution in [0.4, 0.5) is 5.69 Å². The highest BCUT2D eigenvalue weighted by molar-refractivity contribution is 7.09. The zero-order chi connectivity index (χ0) is 22.2. The Kier molecular flexibility index (Phi) is 5.83. The predicted molar refractivity (Wildman–Crippen MR) is 120 cm³/mol. The number of carbonyl (C=O) groups excluding carboxylic acids is 3. The van der Waals surface area contributed by atoms with Gasteiger partial charge in [-0.05, 0) is 31.9 Å². The molecule has 1 saturated heterocycles. The lowest BCUT2D eigenvalue weighted by molar-refractivity contribution is -0.121. The highest BCUT2D eigenvalue weighted by atomic mass is 32.1. The standard InChI is InChI=1S/C23H28N4O3S/c1-15(2)21-25-16(14-31-21)13-24-19(28)9-6-12-26-22(30)17-7-4-5-8-18(17)27-20(29)10-11-23(26,27)3/h4-5,7-8,14-15H,6,9-13H2,1-3H3,(H,24,28). The summed E-state index contributed by atoms with van der Waals surface area (Å²) in [6.45, 7) is 6.98. The highest BCUT2D eigenvalue weighted by Gasteiger charge is 2.52. The fourth-order valence-corrected chi connectivity index (χ4v) is 5.22. The summed E-state index contributed by atoms with van der Waals surface area (Å²) in [5.74, 6) is 0.279. The van der Waals surface area contributed by atoms with E-state index >= 15 is 0 Å². The van der Waals surface area contributed by atoms with Crippen molar-refractivity contribution in [3.63, 3.8) is 0 Å². The maximum absolute atomic E-state index is 13.2. The molecule has 1 aromatic carbocycles. The third-order valence-electron chi connectivity index (χ3n) is 6.06. The summed E-state index contributed by atoms with van der Waals surface area (Å²) in [5, 5.41) is 5.96. The first-order valence-corrected chi connectivity index (χ1v) is 11.6. The molecule has 0 aliphatic carbocycles. The molecule has 3 amide bonds. The average Bonchev–Trinajstić information content (AvgIpc) is 3.34. The smallest absolute Gasteiger partial charge is 0.257 e. The van der Waals surface area contributed by atoms with Crippen LogP contribution in [-0.2, 0) is 16.1 Å². The summed E-state index contributed by atoms with van der Waals surface area (Å²) in [6.07, 6.45) is 1.86. The summed E-state index contributed by atoms with van der Waals surface area (Å²) in [6, 6.07) is 7.27. The molecule has 1 aromatic heterocycles. The van der Waals surface area contributed by atoms with Crippen LogP contribution in [0.3, 0.4) is 0 Å². The lowest BCUT2D eigenvalue weighted by atomic mass is 9.98. The number of nitrogens with zero attached hydrogens (tertiary/aromatic N) is 3. The maximum Gasteiger partial charge on any atom is 0.257 e. The Labute approximate surface area is 186 Å². The van der Waals surface area contributed by atoms with Crippen molar-refractivity contribution in [3.8, 4) is 0 Å². The highest BCUT2D eigenvalue weighted by Crippen LogP contribution is 2.44. The molecule has 4 rings (SSSR count). The number of para-hydroxylation sites is 1. The maximum atomic E-state index is 13.2. The molecule has 0 bridgehead atoms. The third-order valence-corrected chi connectivity index (χ3v) is 7.26. The number of amides is 3. The molecule has 2 aliphatic heterocycles. The molecule has 7 nitrogen and oxygen atoms in total. The van der Waals surface area contributed by atoms with Gasteiger partial charge in [0.15, 0.2) is 0 Å². The second-order valence-electron chi connectivity index (χ2n) is 8.63. The Morgan fingerprint density at radius 3 is 2.81 bits per heavy atom. The van der Waals surface area contributed by atoms with Gasteiger partial charge in [0.2, 0.25) is 11.8 Å². The van der Waals surface area contributed by atoms with Crippen LogP contribution in [0.2, 0.25) is 0 Å². The Bertz CT molecular complexity index is 1020. The van der Waals surface area contributed by atoms with Gasteiger partial charge in [-0.2, -0.15) is 0 Å². The van der Waals surface area contributed by atoms with Gasteiger partial charge in [-0.1, -0.05) is 26.0 Å². The molecule has 2 aliphatic rings. The molecule has 3 heterocycles. The largest absolute Gasteiger partial charge is 0.350 e. The van der Waals surface area contributed by atoms with Gasteiger partial charge < -0.3 is 10.2 Å². The van der Waals surface area contributed by atoms with Gasteiger partial charge in [-0.15, -0.1) is 11.3 Å². The minimum atomic E-state index is -0.674. The van der Waals surface area contributed by atoms with E-state index in [1.165, 1.54) is 0 Å². The number of hydrogen-bond acceptors (Lipinski definition) is 5. The topological polar surface area (TPSA) is 82.6 Å². The molecule has 8 heteroatoms. The molecular weight excluding hydrogens is 412 g/mol. The fourth-order valence-electron chi connectivity index (χ4n) is 4.39. The van der Waals surface area contributed by atoms with Crippen molar-refractivity contribution >= 4 is 34.7 Å². The van der Waals surface area contributed by atoms with E-state index in [0.29, 0.717) is 55.9 Å². The van der Waals surface area contributed by atoms with E-state index in [-0.39, 0.29) is 17.7 Å². The normalized spacial score (nSPS) is 20.3. The lowest BCUT2D eigenvalue weighted by Crippen LogP contribution is -2.62. The number of nitrogens with one attached hydrogen (secondary N) is 1. The molecule has 0 spiro atoms. The van der Waals surface area contributed by atoms with E-state index in [4.69, 9.17) is 0 Å². The van der Waals surface area contributed by atoms with Crippen LogP contribution in [-0.4, -0.2) is 39.8 Å². The van der Waals surface area contributed by atoms with Crippen LogP contribution in [0.5, 0.6) is 0 Å². The number of fused-ring (bicyclic) bond motifs is 3. The first kappa shape index (κ1) is 21.5. The second-order valence-corrected chi connectivity index (χ2v) is 9.52. The van der Waals surface area contributed by atoms with Gasteiger partial charge in [-0.3, -0.25) is 19.3 Å². The first-order valence-electron chi connectivity index (χ1n) is 10.8. The molecule has 164 valence electrons. The molecule has 0 saturated carbocycles. The molecule has 1 unspecified atom stereocenters. The first-order chi connectivity index (χ1) is 14.8. The third kappa shape index (κ3) is 3.96. The van der Waals surface area contributed by atoms with E-state index in [9.17, 15) is 14.4 Å². The van der Waals surface area contributed by atoms with Crippen molar-refractivity contribution in [1.82, 2.24) is 15.2 Å². The monoisotopic (exact) mass is 440 g/mol. The molecule has 1 atom stereocenters. The van der Waals surface area contributed by atoms with Gasteiger partial charge in [0.05, 0.1) is 28.5 Å². The molecule has 31 heavy (non-hydrogen) atoms. The summed E-state index contributed by atoms with van der Waals surface area (Å²) in [4.78, 5) is 46.2. The summed E-state index contributed by atoms with van der Waals surface area (Å²) in [5.41, 5.74) is 1.43. The van der Waals surface area contributed by atoms with Gasteiger partial charge >= 0.3 is 0 Å². The van der Waals surface area contributed by atoms with Gasteiger partial charge in [-0.25, -0.2) is 4.98 Å². The molecule has 1 N–H and O–H groups in total. The minimum Gasteiger partial charge on any atom is -0.350 e. The number of benzene rings is 1. The number of aromatic nitrogens is 1. The summed E-state index contributed by atoms with van der Waals surface area (Å²) >= 11 is 1.61. The Balaban J connectivity index is 1.37. The van der Waals surface area contributed by atoms with Crippen molar-refractivity contribution in [2.45, 2.75) is 64.6 Å². The van der Waals surface area contributed by atoms with E-state index in [1.807, 2.05) is 30.5 Å². The van der Waals surface area contributed by atoms with Crippen LogP contribution in [0.1, 0.15) is 73.4 Å². The summed E-state index contributed by atoms with van der Waals surface area (Å²) < 4.78 is 0. The lowest BCUT2D eigenvalue weighted by Gasteiger charge is -2.48. The zero-order valence-electron chi connectivity index (χ0n) is 18.2. The Morgan fingerprint density at radius 2 is 2.06 bits per heavy atom. The number of carbonyl (C=O) groups is 3. The van der Waals surface area contributed by atoms with E-state index in [0.717, 1.165) is 10.7 Å². The molecular formula is C23H28N4O3S. The SMILES string of the molecule is CC(C)c1nc(CNC(=O)CCCN2C(=O)c3ccccc3N3C(=O)CCC23C)cs1. The molecule has 1 fully saturated rings. The molecule has 0 radical (unpaired) electrons. The quantitative estimate of drug-likeness (QED) is 0.712. The van der Waals surface area contributed by atoms with E-state index in [2.05, 4.69) is 24.1 Å². The van der Waals surface area contributed by atoms with Crippen molar-refractivity contribution in [2.75, 3.05) is 11.4 Å². The van der Waals surface area contributed by atoms with Crippen molar-refractivity contribution in [2.24, 2.45) is 0 Å². The van der Waals surface area contributed by atoms with Crippen molar-refractivity contribution in [1.29, 1.82) is 0 Å². The second kappa shape index (κ2) is 8.42.